The highest BCUT2D eigenvalue weighted by molar-refractivity contribution is 7.22. The van der Waals surface area contributed by atoms with E-state index in [1.165, 1.54) is 11.3 Å². The molecule has 2 atom stereocenters. The van der Waals surface area contributed by atoms with Gasteiger partial charge in [0.1, 0.15) is 12.2 Å². The zero-order valence-electron chi connectivity index (χ0n) is 26.0. The minimum atomic E-state index is -0.784. The van der Waals surface area contributed by atoms with E-state index in [0.29, 0.717) is 34.6 Å². The lowest BCUT2D eigenvalue weighted by atomic mass is 9.99. The van der Waals surface area contributed by atoms with E-state index >= 15 is 0 Å². The van der Waals surface area contributed by atoms with Crippen molar-refractivity contribution in [1.82, 2.24) is 40.3 Å². The second-order valence-electron chi connectivity index (χ2n) is 12.0. The van der Waals surface area contributed by atoms with Crippen LogP contribution >= 0.6 is 34.5 Å². The van der Waals surface area contributed by atoms with Gasteiger partial charge in [0.2, 0.25) is 11.8 Å². The Hall–Kier alpha value is -4.43. The molecular formula is C33H33Cl2N9O3S. The number of rotatable bonds is 9. The summed E-state index contributed by atoms with van der Waals surface area (Å²) in [6, 6.07) is 15.7. The highest BCUT2D eigenvalue weighted by Crippen LogP contribution is 2.33. The lowest BCUT2D eigenvalue weighted by Gasteiger charge is -2.46. The average Bonchev–Trinajstić information content (AvgIpc) is 3.78. The van der Waals surface area contributed by atoms with Crippen molar-refractivity contribution < 1.29 is 14.4 Å². The number of nitrogen functional groups attached to an aromatic ring is 1. The Labute approximate surface area is 290 Å². The molecule has 248 valence electrons. The molecule has 12 nitrogen and oxygen atoms in total. The van der Waals surface area contributed by atoms with Crippen LogP contribution in [0.1, 0.15) is 30.0 Å². The SMILES string of the molecule is CCCN(C(=O)NCc1ccc(Cl)c(Cl)c1)N1CC(=O)N2[C@@H](Cc3ccc4[nH]ncc4c3)C(=O)N(Cc3cccc4sc(N)nc34)C[C@@H]21. The summed E-state index contributed by atoms with van der Waals surface area (Å²) in [4.78, 5) is 49.9. The summed E-state index contributed by atoms with van der Waals surface area (Å²) >= 11 is 13.7. The fourth-order valence-corrected chi connectivity index (χ4v) is 7.67. The van der Waals surface area contributed by atoms with Crippen LogP contribution in [0.25, 0.3) is 21.1 Å². The number of benzene rings is 3. The van der Waals surface area contributed by atoms with Gasteiger partial charge in [0.05, 0.1) is 45.1 Å². The topological polar surface area (TPSA) is 144 Å². The van der Waals surface area contributed by atoms with Gasteiger partial charge in [-0.2, -0.15) is 10.1 Å². The molecule has 0 unspecified atom stereocenters. The fourth-order valence-electron chi connectivity index (χ4n) is 6.57. The van der Waals surface area contributed by atoms with Crippen molar-refractivity contribution in [1.29, 1.82) is 0 Å². The van der Waals surface area contributed by atoms with E-state index in [1.807, 2.05) is 43.3 Å². The molecule has 2 aliphatic rings. The van der Waals surface area contributed by atoms with Crippen molar-refractivity contribution >= 4 is 78.6 Å². The number of carbonyl (C=O) groups is 3. The summed E-state index contributed by atoms with van der Waals surface area (Å²) in [5.41, 5.74) is 10.2. The summed E-state index contributed by atoms with van der Waals surface area (Å²) in [7, 11) is 0. The molecule has 0 bridgehead atoms. The van der Waals surface area contributed by atoms with Crippen molar-refractivity contribution in [3.05, 3.63) is 87.5 Å². The highest BCUT2D eigenvalue weighted by atomic mass is 35.5. The van der Waals surface area contributed by atoms with E-state index in [2.05, 4.69) is 20.5 Å². The van der Waals surface area contributed by atoms with Gasteiger partial charge in [-0.25, -0.2) is 9.78 Å². The van der Waals surface area contributed by atoms with E-state index in [4.69, 9.17) is 28.9 Å². The summed E-state index contributed by atoms with van der Waals surface area (Å²) in [5.74, 6) is -0.379. The van der Waals surface area contributed by atoms with E-state index in [0.717, 1.165) is 37.8 Å². The van der Waals surface area contributed by atoms with Crippen LogP contribution < -0.4 is 11.1 Å². The third kappa shape index (κ3) is 6.14. The number of para-hydroxylation sites is 1. The van der Waals surface area contributed by atoms with Crippen LogP contribution in [0, 0.1) is 0 Å². The molecule has 4 N–H and O–H groups in total. The number of hydrogen-bond donors (Lipinski definition) is 3. The average molecular weight is 707 g/mol. The molecule has 0 spiro atoms. The number of hydrogen-bond acceptors (Lipinski definition) is 8. The first-order valence-electron chi connectivity index (χ1n) is 15.6. The van der Waals surface area contributed by atoms with Crippen LogP contribution in [-0.4, -0.2) is 84.7 Å². The fraction of sp³-hybridized carbons (Fsp3) is 0.303. The molecule has 3 aromatic carbocycles. The first-order valence-corrected chi connectivity index (χ1v) is 17.2. The molecule has 0 radical (unpaired) electrons. The van der Waals surface area contributed by atoms with Crippen molar-refractivity contribution in [2.45, 2.75) is 45.1 Å². The molecule has 2 aromatic heterocycles. The molecule has 48 heavy (non-hydrogen) atoms. The number of piperazine rings is 1. The smallest absolute Gasteiger partial charge is 0.332 e. The summed E-state index contributed by atoms with van der Waals surface area (Å²) in [6.45, 7) is 3.01. The number of anilines is 1. The third-order valence-electron chi connectivity index (χ3n) is 8.79. The Kier molecular flexibility index (Phi) is 8.86. The number of thiazole rings is 1. The van der Waals surface area contributed by atoms with Gasteiger partial charge >= 0.3 is 6.03 Å². The summed E-state index contributed by atoms with van der Waals surface area (Å²) in [6.07, 6.45) is 2.12. The van der Waals surface area contributed by atoms with Crippen molar-refractivity contribution in [2.24, 2.45) is 0 Å². The number of halogens is 2. The number of fused-ring (bicyclic) bond motifs is 3. The standard InChI is InChI=1S/C33H33Cl2N9O3S/c1-2-10-42(33(47)37-14-20-6-8-23(34)24(35)12-20)43-18-29(45)44-26(13-19-7-9-25-22(11-19)15-38-40-25)31(46)41(17-28(43)44)16-21-4-3-5-27-30(21)39-32(36)48-27/h3-9,11-12,15,26,28H,2,10,13-14,16-18H2,1H3,(H2,36,39)(H,37,47)(H,38,40)/t26-,28+/m0/s1. The number of aromatic nitrogens is 3. The van der Waals surface area contributed by atoms with Gasteiger partial charge < -0.3 is 20.9 Å². The van der Waals surface area contributed by atoms with E-state index in [9.17, 15) is 14.4 Å². The Morgan fingerprint density at radius 1 is 1.12 bits per heavy atom. The molecule has 0 saturated carbocycles. The first-order chi connectivity index (χ1) is 23.2. The number of nitrogens with zero attached hydrogens (tertiary/aromatic N) is 6. The van der Waals surface area contributed by atoms with Crippen molar-refractivity contribution in [3.8, 4) is 0 Å². The molecule has 2 aliphatic heterocycles. The number of carbonyl (C=O) groups excluding carboxylic acids is 3. The van der Waals surface area contributed by atoms with E-state index in [1.54, 1.807) is 44.2 Å². The maximum atomic E-state index is 14.4. The number of hydrazine groups is 1. The number of nitrogens with one attached hydrogen (secondary N) is 2. The van der Waals surface area contributed by atoms with Gasteiger partial charge in [-0.3, -0.25) is 19.7 Å². The Morgan fingerprint density at radius 2 is 1.96 bits per heavy atom. The molecule has 2 fully saturated rings. The Morgan fingerprint density at radius 3 is 2.77 bits per heavy atom. The molecule has 5 aromatic rings. The van der Waals surface area contributed by atoms with Crippen LogP contribution in [0.5, 0.6) is 0 Å². The molecule has 7 rings (SSSR count). The van der Waals surface area contributed by atoms with Gasteiger partial charge in [-0.15, -0.1) is 0 Å². The summed E-state index contributed by atoms with van der Waals surface area (Å²) in [5, 5.41) is 15.6. The second-order valence-corrected chi connectivity index (χ2v) is 13.8. The number of nitrogens with two attached hydrogens (primary N) is 1. The molecule has 4 heterocycles. The summed E-state index contributed by atoms with van der Waals surface area (Å²) < 4.78 is 0.937. The van der Waals surface area contributed by atoms with Gasteiger partial charge in [-0.1, -0.05) is 65.7 Å². The monoisotopic (exact) mass is 705 g/mol. The van der Waals surface area contributed by atoms with E-state index < -0.39 is 12.2 Å². The van der Waals surface area contributed by atoms with Crippen molar-refractivity contribution in [2.75, 3.05) is 25.4 Å². The molecule has 2 saturated heterocycles. The van der Waals surface area contributed by atoms with Crippen LogP contribution in [0.15, 0.2) is 60.8 Å². The van der Waals surface area contributed by atoms with Crippen LogP contribution in [-0.2, 0) is 29.1 Å². The Bertz CT molecular complexity index is 2030. The number of aromatic amines is 1. The largest absolute Gasteiger partial charge is 0.375 e. The maximum absolute atomic E-state index is 14.4. The second kappa shape index (κ2) is 13.2. The predicted octanol–water partition coefficient (Wildman–Crippen LogP) is 5.02. The quantitative estimate of drug-likeness (QED) is 0.195. The zero-order chi connectivity index (χ0) is 33.5. The van der Waals surface area contributed by atoms with E-state index in [-0.39, 0.29) is 44.0 Å². The third-order valence-corrected chi connectivity index (χ3v) is 10.4. The lowest BCUT2D eigenvalue weighted by molar-refractivity contribution is -0.157. The van der Waals surface area contributed by atoms with Crippen LogP contribution in [0.2, 0.25) is 10.0 Å². The number of H-pyrrole nitrogens is 1. The van der Waals surface area contributed by atoms with Gasteiger partial charge in [0.15, 0.2) is 5.13 Å². The minimum Gasteiger partial charge on any atom is -0.375 e. The lowest BCUT2D eigenvalue weighted by Crippen LogP contribution is -2.66. The normalized spacial score (nSPS) is 18.2. The molecule has 4 amide bonds. The zero-order valence-corrected chi connectivity index (χ0v) is 28.4. The maximum Gasteiger partial charge on any atom is 0.332 e. The first kappa shape index (κ1) is 32.1. The predicted molar refractivity (Wildman–Crippen MR) is 186 cm³/mol. The van der Waals surface area contributed by atoms with Gasteiger partial charge in [0.25, 0.3) is 0 Å². The molecule has 15 heteroatoms. The highest BCUT2D eigenvalue weighted by Gasteiger charge is 2.52. The molecule has 0 aliphatic carbocycles. The minimum absolute atomic E-state index is 0.0402. The Balaban J connectivity index is 1.20. The van der Waals surface area contributed by atoms with Gasteiger partial charge in [0, 0.05) is 31.4 Å². The number of amides is 4. The number of urea groups is 1. The van der Waals surface area contributed by atoms with Crippen molar-refractivity contribution in [3.63, 3.8) is 0 Å². The van der Waals surface area contributed by atoms with Crippen LogP contribution in [0.3, 0.4) is 0 Å². The van der Waals surface area contributed by atoms with Gasteiger partial charge in [-0.05, 0) is 53.4 Å². The van der Waals surface area contributed by atoms with Crippen LogP contribution in [0.4, 0.5) is 9.93 Å². The molecular weight excluding hydrogens is 673 g/mol.